The van der Waals surface area contributed by atoms with Crippen molar-refractivity contribution in [2.45, 2.75) is 59.0 Å². The van der Waals surface area contributed by atoms with Gasteiger partial charge in [0.1, 0.15) is 5.54 Å². The van der Waals surface area contributed by atoms with Crippen molar-refractivity contribution in [1.82, 2.24) is 5.32 Å². The zero-order valence-electron chi connectivity index (χ0n) is 13.6. The van der Waals surface area contributed by atoms with E-state index < -0.39 is 5.54 Å². The second kappa shape index (κ2) is 6.49. The lowest BCUT2D eigenvalue weighted by atomic mass is 9.64. The van der Waals surface area contributed by atoms with Gasteiger partial charge in [-0.05, 0) is 49.0 Å². The van der Waals surface area contributed by atoms with Crippen LogP contribution in [0.25, 0.3) is 0 Å². The largest absolute Gasteiger partial charge is 0.465 e. The van der Waals surface area contributed by atoms with E-state index in [-0.39, 0.29) is 11.4 Å². The number of hydrogen-bond acceptors (Lipinski definition) is 4. The topological polar surface area (TPSA) is 38.3 Å². The van der Waals surface area contributed by atoms with Crippen molar-refractivity contribution in [3.05, 3.63) is 22.4 Å². The van der Waals surface area contributed by atoms with Gasteiger partial charge >= 0.3 is 5.97 Å². The van der Waals surface area contributed by atoms with Gasteiger partial charge in [0.15, 0.2) is 0 Å². The number of hydrogen-bond donors (Lipinski definition) is 1. The molecule has 2 atom stereocenters. The summed E-state index contributed by atoms with van der Waals surface area (Å²) < 4.78 is 5.40. The van der Waals surface area contributed by atoms with Crippen LogP contribution in [-0.2, 0) is 16.1 Å². The zero-order valence-corrected chi connectivity index (χ0v) is 14.4. The van der Waals surface area contributed by atoms with Gasteiger partial charge in [-0.15, -0.1) is 11.3 Å². The summed E-state index contributed by atoms with van der Waals surface area (Å²) in [5.41, 5.74) is -0.381. The van der Waals surface area contributed by atoms with Gasteiger partial charge in [0.05, 0.1) is 6.61 Å². The van der Waals surface area contributed by atoms with Crippen LogP contribution >= 0.6 is 11.3 Å². The molecule has 118 valence electrons. The molecule has 1 heterocycles. The maximum atomic E-state index is 12.6. The molecule has 2 rings (SSSR count). The molecule has 1 aromatic heterocycles. The zero-order chi connectivity index (χ0) is 15.5. The van der Waals surface area contributed by atoms with Crippen molar-refractivity contribution in [3.8, 4) is 0 Å². The van der Waals surface area contributed by atoms with E-state index in [1.54, 1.807) is 11.3 Å². The van der Waals surface area contributed by atoms with Gasteiger partial charge in [-0.3, -0.25) is 10.1 Å². The first kappa shape index (κ1) is 16.5. The molecule has 0 aliphatic heterocycles. The molecule has 1 aliphatic rings. The van der Waals surface area contributed by atoms with E-state index in [1.807, 2.05) is 13.0 Å². The number of esters is 1. The molecule has 4 heteroatoms. The first-order valence-electron chi connectivity index (χ1n) is 7.81. The van der Waals surface area contributed by atoms with Crippen LogP contribution in [0.2, 0.25) is 0 Å². The summed E-state index contributed by atoms with van der Waals surface area (Å²) in [5.74, 6) is 0.440. The first-order valence-corrected chi connectivity index (χ1v) is 8.69. The third-order valence-electron chi connectivity index (χ3n) is 4.23. The Morgan fingerprint density at radius 1 is 1.48 bits per heavy atom. The van der Waals surface area contributed by atoms with E-state index >= 15 is 0 Å². The lowest BCUT2D eigenvalue weighted by Gasteiger charge is -2.46. The lowest BCUT2D eigenvalue weighted by molar-refractivity contribution is -0.156. The van der Waals surface area contributed by atoms with Crippen molar-refractivity contribution >= 4 is 17.3 Å². The van der Waals surface area contributed by atoms with Gasteiger partial charge in [0.25, 0.3) is 0 Å². The van der Waals surface area contributed by atoms with Crippen LogP contribution < -0.4 is 5.32 Å². The Morgan fingerprint density at radius 2 is 2.24 bits per heavy atom. The Bertz CT molecular complexity index is 469. The first-order chi connectivity index (χ1) is 9.87. The van der Waals surface area contributed by atoms with Crippen molar-refractivity contribution in [2.75, 3.05) is 6.61 Å². The molecule has 1 aliphatic carbocycles. The van der Waals surface area contributed by atoms with Gasteiger partial charge in [-0.1, -0.05) is 26.8 Å². The molecule has 1 fully saturated rings. The number of carbonyl (C=O) groups is 1. The molecule has 0 amide bonds. The minimum Gasteiger partial charge on any atom is -0.465 e. The molecular formula is C17H27NO2S. The van der Waals surface area contributed by atoms with E-state index in [0.29, 0.717) is 12.5 Å². The van der Waals surface area contributed by atoms with Gasteiger partial charge in [0, 0.05) is 11.4 Å². The smallest absolute Gasteiger partial charge is 0.326 e. The van der Waals surface area contributed by atoms with Crippen molar-refractivity contribution in [3.63, 3.8) is 0 Å². The van der Waals surface area contributed by atoms with Crippen LogP contribution in [0.4, 0.5) is 0 Å². The fourth-order valence-corrected chi connectivity index (χ4v) is 4.52. The summed E-state index contributed by atoms with van der Waals surface area (Å²) >= 11 is 1.72. The second-order valence-electron chi connectivity index (χ2n) is 7.09. The molecule has 1 N–H and O–H groups in total. The Balaban J connectivity index is 2.19. The lowest BCUT2D eigenvalue weighted by Crippen LogP contribution is -2.58. The van der Waals surface area contributed by atoms with Crippen molar-refractivity contribution < 1.29 is 9.53 Å². The fraction of sp³-hybridized carbons (Fsp3) is 0.706. The number of carbonyl (C=O) groups excluding carboxylic acids is 1. The molecule has 0 radical (unpaired) electrons. The van der Waals surface area contributed by atoms with Gasteiger partial charge in [0.2, 0.25) is 0 Å². The van der Waals surface area contributed by atoms with Crippen LogP contribution in [-0.4, -0.2) is 18.1 Å². The third-order valence-corrected chi connectivity index (χ3v) is 5.10. The molecule has 2 unspecified atom stereocenters. The molecule has 0 saturated heterocycles. The van der Waals surface area contributed by atoms with Crippen LogP contribution in [0.1, 0.15) is 51.8 Å². The number of thiophene rings is 1. The Labute approximate surface area is 132 Å². The quantitative estimate of drug-likeness (QED) is 0.836. The Morgan fingerprint density at radius 3 is 2.81 bits per heavy atom. The average molecular weight is 309 g/mol. The van der Waals surface area contributed by atoms with Crippen LogP contribution in [0.3, 0.4) is 0 Å². The fourth-order valence-electron chi connectivity index (χ4n) is 3.87. The predicted octanol–water partition coefficient (Wildman–Crippen LogP) is 3.99. The van der Waals surface area contributed by atoms with E-state index in [2.05, 4.69) is 37.5 Å². The highest BCUT2D eigenvalue weighted by atomic mass is 32.1. The molecule has 0 spiro atoms. The highest BCUT2D eigenvalue weighted by Gasteiger charge is 2.48. The molecule has 0 aromatic carbocycles. The predicted molar refractivity (Wildman–Crippen MR) is 87.3 cm³/mol. The minimum absolute atomic E-state index is 0.0822. The Kier molecular flexibility index (Phi) is 5.10. The molecule has 3 nitrogen and oxygen atoms in total. The summed E-state index contributed by atoms with van der Waals surface area (Å²) in [6.45, 7) is 9.80. The minimum atomic E-state index is -0.541. The summed E-state index contributed by atoms with van der Waals surface area (Å²) in [6, 6.07) is 4.15. The van der Waals surface area contributed by atoms with Crippen molar-refractivity contribution in [2.24, 2.45) is 11.3 Å². The average Bonchev–Trinajstić information content (AvgIpc) is 2.87. The Hall–Kier alpha value is -0.870. The maximum Gasteiger partial charge on any atom is 0.326 e. The summed E-state index contributed by atoms with van der Waals surface area (Å²) in [4.78, 5) is 13.9. The monoisotopic (exact) mass is 309 g/mol. The number of rotatable bonds is 5. The molecule has 1 saturated carbocycles. The second-order valence-corrected chi connectivity index (χ2v) is 8.12. The molecule has 0 bridgehead atoms. The molecule has 21 heavy (non-hydrogen) atoms. The molecular weight excluding hydrogens is 282 g/mol. The highest BCUT2D eigenvalue weighted by Crippen LogP contribution is 2.44. The van der Waals surface area contributed by atoms with E-state index in [4.69, 9.17) is 4.74 Å². The summed E-state index contributed by atoms with van der Waals surface area (Å²) in [7, 11) is 0. The SMILES string of the molecule is CCOC(=O)C1(NCc2cccs2)CC(C)CC(C)(C)C1. The summed E-state index contributed by atoms with van der Waals surface area (Å²) in [5, 5.41) is 5.61. The van der Waals surface area contributed by atoms with Crippen molar-refractivity contribution in [1.29, 1.82) is 0 Å². The van der Waals surface area contributed by atoms with Crippen LogP contribution in [0, 0.1) is 11.3 Å². The summed E-state index contributed by atoms with van der Waals surface area (Å²) in [6.07, 6.45) is 2.87. The van der Waals surface area contributed by atoms with Gasteiger partial charge < -0.3 is 4.74 Å². The van der Waals surface area contributed by atoms with E-state index in [1.165, 1.54) is 4.88 Å². The van der Waals surface area contributed by atoms with Gasteiger partial charge in [-0.2, -0.15) is 0 Å². The van der Waals surface area contributed by atoms with Crippen LogP contribution in [0.15, 0.2) is 17.5 Å². The van der Waals surface area contributed by atoms with E-state index in [0.717, 1.165) is 25.8 Å². The molecule has 1 aromatic rings. The van der Waals surface area contributed by atoms with E-state index in [9.17, 15) is 4.79 Å². The maximum absolute atomic E-state index is 12.6. The standard InChI is InChI=1S/C17H27NO2S/c1-5-20-15(19)17(18-11-14-7-6-8-21-14)10-13(2)9-16(3,4)12-17/h6-8,13,18H,5,9-12H2,1-4H3. The highest BCUT2D eigenvalue weighted by molar-refractivity contribution is 7.09. The number of ether oxygens (including phenoxy) is 1. The van der Waals surface area contributed by atoms with Gasteiger partial charge in [-0.25, -0.2) is 0 Å². The number of nitrogens with one attached hydrogen (secondary N) is 1. The third kappa shape index (κ3) is 4.07. The van der Waals surface area contributed by atoms with Crippen LogP contribution in [0.5, 0.6) is 0 Å². The normalized spacial score (nSPS) is 28.3.